The molecule has 1 saturated heterocycles. The molecule has 0 spiro atoms. The number of halogens is 1. The average molecular weight is 369 g/mol. The van der Waals surface area contributed by atoms with Crippen LogP contribution in [0.4, 0.5) is 0 Å². The topological polar surface area (TPSA) is 52.6 Å². The first-order chi connectivity index (χ1) is 10.5. The van der Waals surface area contributed by atoms with E-state index in [-0.39, 0.29) is 30.1 Å². The van der Waals surface area contributed by atoms with E-state index in [4.69, 9.17) is 9.47 Å². The summed E-state index contributed by atoms with van der Waals surface area (Å²) in [6.45, 7) is 4.29. The van der Waals surface area contributed by atoms with Gasteiger partial charge in [0.05, 0.1) is 17.6 Å². The lowest BCUT2D eigenvalue weighted by Crippen LogP contribution is -2.24. The normalized spacial score (nSPS) is 19.8. The van der Waals surface area contributed by atoms with Crippen molar-refractivity contribution in [2.24, 2.45) is 5.41 Å². The molecule has 0 saturated carbocycles. The van der Waals surface area contributed by atoms with E-state index < -0.39 is 0 Å². The van der Waals surface area contributed by atoms with E-state index in [1.807, 2.05) is 13.8 Å². The van der Waals surface area contributed by atoms with Crippen LogP contribution in [0.25, 0.3) is 0 Å². The highest BCUT2D eigenvalue weighted by Crippen LogP contribution is 2.41. The Balaban J connectivity index is 1.81. The van der Waals surface area contributed by atoms with E-state index in [1.54, 1.807) is 24.3 Å². The Morgan fingerprint density at radius 1 is 1.32 bits per heavy atom. The van der Waals surface area contributed by atoms with Gasteiger partial charge in [0, 0.05) is 17.3 Å². The predicted molar refractivity (Wildman–Crippen MR) is 86.6 cm³/mol. The van der Waals surface area contributed by atoms with Crippen LogP contribution in [-0.4, -0.2) is 24.6 Å². The second-order valence-corrected chi connectivity index (χ2v) is 6.57. The molecule has 1 unspecified atom stereocenters. The first-order valence-corrected chi connectivity index (χ1v) is 8.44. The van der Waals surface area contributed by atoms with E-state index >= 15 is 0 Å². The maximum absolute atomic E-state index is 12.0. The lowest BCUT2D eigenvalue weighted by molar-refractivity contribution is -0.149. The molecule has 1 atom stereocenters. The van der Waals surface area contributed by atoms with Crippen molar-refractivity contribution in [1.82, 2.24) is 0 Å². The highest BCUT2D eigenvalue weighted by molar-refractivity contribution is 9.10. The third-order valence-corrected chi connectivity index (χ3v) is 4.96. The van der Waals surface area contributed by atoms with E-state index in [9.17, 15) is 9.59 Å². The van der Waals surface area contributed by atoms with E-state index in [0.717, 1.165) is 17.3 Å². The summed E-state index contributed by atoms with van der Waals surface area (Å²) in [6.07, 6.45) is 2.70. The minimum atomic E-state index is -0.353. The van der Waals surface area contributed by atoms with Crippen molar-refractivity contribution >= 4 is 27.9 Å². The number of carbonyl (C=O) groups excluding carboxylic acids is 2. The lowest BCUT2D eigenvalue weighted by Gasteiger charge is -2.20. The van der Waals surface area contributed by atoms with Crippen molar-refractivity contribution in [2.45, 2.75) is 45.6 Å². The molecular weight excluding hydrogens is 348 g/mol. The van der Waals surface area contributed by atoms with Crippen LogP contribution in [0.2, 0.25) is 0 Å². The zero-order valence-electron chi connectivity index (χ0n) is 12.9. The zero-order chi connectivity index (χ0) is 16.2. The van der Waals surface area contributed by atoms with Gasteiger partial charge in [0.2, 0.25) is 0 Å². The summed E-state index contributed by atoms with van der Waals surface area (Å²) < 4.78 is 11.6. The van der Waals surface area contributed by atoms with Crippen LogP contribution in [0.1, 0.15) is 49.9 Å². The maximum atomic E-state index is 12.0. The Morgan fingerprint density at radius 3 is 2.50 bits per heavy atom. The highest BCUT2D eigenvalue weighted by Gasteiger charge is 2.46. The van der Waals surface area contributed by atoms with Gasteiger partial charge in [0.25, 0.3) is 0 Å². The molecule has 1 heterocycles. The predicted octanol–water partition coefficient (Wildman–Crippen LogP) is 4.12. The van der Waals surface area contributed by atoms with Crippen molar-refractivity contribution in [3.8, 4) is 0 Å². The Labute approximate surface area is 139 Å². The first-order valence-electron chi connectivity index (χ1n) is 7.64. The number of ether oxygens (including phenoxy) is 2. The Kier molecular flexibility index (Phi) is 5.62. The molecule has 0 amide bonds. The van der Waals surface area contributed by atoms with Crippen LogP contribution in [0.15, 0.2) is 28.7 Å². The molecule has 22 heavy (non-hydrogen) atoms. The SMILES string of the molecule is CCC1(CC)CC(CCOC(=O)c2ccc(Br)cc2)OC1=O. The smallest absolute Gasteiger partial charge is 0.338 e. The summed E-state index contributed by atoms with van der Waals surface area (Å²) in [6, 6.07) is 7.01. The molecule has 1 aliphatic heterocycles. The van der Waals surface area contributed by atoms with Gasteiger partial charge in [-0.05, 0) is 37.1 Å². The molecule has 5 heteroatoms. The van der Waals surface area contributed by atoms with Gasteiger partial charge in [0.1, 0.15) is 6.10 Å². The molecule has 1 aliphatic rings. The number of carbonyl (C=O) groups is 2. The van der Waals surface area contributed by atoms with Crippen LogP contribution in [0.3, 0.4) is 0 Å². The van der Waals surface area contributed by atoms with E-state index in [2.05, 4.69) is 15.9 Å². The van der Waals surface area contributed by atoms with Crippen molar-refractivity contribution in [3.05, 3.63) is 34.3 Å². The summed E-state index contributed by atoms with van der Waals surface area (Å²) in [5.41, 5.74) is 0.170. The molecule has 0 bridgehead atoms. The fourth-order valence-electron chi connectivity index (χ4n) is 2.78. The largest absolute Gasteiger partial charge is 0.462 e. The number of hydrogen-bond donors (Lipinski definition) is 0. The standard InChI is InChI=1S/C17H21BrO4/c1-3-17(4-2)11-14(22-16(17)20)9-10-21-15(19)12-5-7-13(18)8-6-12/h5-8,14H,3-4,9-11H2,1-2H3. The minimum Gasteiger partial charge on any atom is -0.462 e. The van der Waals surface area contributed by atoms with Crippen LogP contribution < -0.4 is 0 Å². The summed E-state index contributed by atoms with van der Waals surface area (Å²) in [4.78, 5) is 23.9. The van der Waals surface area contributed by atoms with Crippen LogP contribution in [0, 0.1) is 5.41 Å². The van der Waals surface area contributed by atoms with Gasteiger partial charge in [-0.1, -0.05) is 29.8 Å². The van der Waals surface area contributed by atoms with Crippen LogP contribution in [0.5, 0.6) is 0 Å². The van der Waals surface area contributed by atoms with Gasteiger partial charge < -0.3 is 9.47 Å². The molecule has 0 radical (unpaired) electrons. The van der Waals surface area contributed by atoms with Gasteiger partial charge in [-0.3, -0.25) is 4.79 Å². The number of hydrogen-bond acceptors (Lipinski definition) is 4. The Morgan fingerprint density at radius 2 is 1.95 bits per heavy atom. The molecule has 1 fully saturated rings. The van der Waals surface area contributed by atoms with E-state index in [0.29, 0.717) is 18.4 Å². The van der Waals surface area contributed by atoms with Crippen LogP contribution in [-0.2, 0) is 14.3 Å². The molecule has 0 N–H and O–H groups in total. The fourth-order valence-corrected chi connectivity index (χ4v) is 3.04. The Bertz CT molecular complexity index is 534. The lowest BCUT2D eigenvalue weighted by atomic mass is 9.79. The van der Waals surface area contributed by atoms with Gasteiger partial charge >= 0.3 is 11.9 Å². The third-order valence-electron chi connectivity index (χ3n) is 4.43. The van der Waals surface area contributed by atoms with Crippen LogP contribution >= 0.6 is 15.9 Å². The Hall–Kier alpha value is -1.36. The first kappa shape index (κ1) is 17.0. The zero-order valence-corrected chi connectivity index (χ0v) is 14.5. The highest BCUT2D eigenvalue weighted by atomic mass is 79.9. The monoisotopic (exact) mass is 368 g/mol. The summed E-state index contributed by atoms with van der Waals surface area (Å²) in [7, 11) is 0. The second kappa shape index (κ2) is 7.27. The molecule has 2 rings (SSSR count). The summed E-state index contributed by atoms with van der Waals surface area (Å²) >= 11 is 3.32. The van der Waals surface area contributed by atoms with Gasteiger partial charge in [-0.25, -0.2) is 4.79 Å². The number of esters is 2. The van der Waals surface area contributed by atoms with Crippen molar-refractivity contribution in [3.63, 3.8) is 0 Å². The number of rotatable bonds is 6. The van der Waals surface area contributed by atoms with Crippen molar-refractivity contribution in [1.29, 1.82) is 0 Å². The summed E-state index contributed by atoms with van der Waals surface area (Å²) in [5.74, 6) is -0.462. The van der Waals surface area contributed by atoms with Gasteiger partial charge in [0.15, 0.2) is 0 Å². The second-order valence-electron chi connectivity index (χ2n) is 5.65. The molecule has 1 aromatic rings. The molecule has 4 nitrogen and oxygen atoms in total. The quantitative estimate of drug-likeness (QED) is 0.708. The molecule has 0 aromatic heterocycles. The van der Waals surface area contributed by atoms with Gasteiger partial charge in [-0.2, -0.15) is 0 Å². The number of benzene rings is 1. The summed E-state index contributed by atoms with van der Waals surface area (Å²) in [5, 5.41) is 0. The van der Waals surface area contributed by atoms with Gasteiger partial charge in [-0.15, -0.1) is 0 Å². The molecule has 0 aliphatic carbocycles. The van der Waals surface area contributed by atoms with Crippen molar-refractivity contribution < 1.29 is 19.1 Å². The molecular formula is C17H21BrO4. The fraction of sp³-hybridized carbons (Fsp3) is 0.529. The van der Waals surface area contributed by atoms with E-state index in [1.165, 1.54) is 0 Å². The molecule has 120 valence electrons. The maximum Gasteiger partial charge on any atom is 0.338 e. The number of cyclic esters (lactones) is 1. The average Bonchev–Trinajstić information content (AvgIpc) is 2.84. The molecule has 1 aromatic carbocycles. The van der Waals surface area contributed by atoms with Crippen molar-refractivity contribution in [2.75, 3.05) is 6.61 Å². The third kappa shape index (κ3) is 3.69. The minimum absolute atomic E-state index is 0.110.